The van der Waals surface area contributed by atoms with E-state index in [1.54, 1.807) is 12.2 Å². The first kappa shape index (κ1) is 12.8. The van der Waals surface area contributed by atoms with Crippen molar-refractivity contribution in [2.75, 3.05) is 13.1 Å². The second-order valence-corrected chi connectivity index (χ2v) is 5.47. The highest BCUT2D eigenvalue weighted by Gasteiger charge is 2.39. The number of aliphatic imine (C=N–C) groups is 2. The molecular weight excluding hydrogens is 204 g/mol. The first-order valence-corrected chi connectivity index (χ1v) is 5.61. The maximum atomic E-state index is 10.2. The summed E-state index contributed by atoms with van der Waals surface area (Å²) in [6.07, 6.45) is 7.37. The average molecular weight is 222 g/mol. The number of hydrogen-bond acceptors (Lipinski definition) is 4. The minimum Gasteiger partial charge on any atom is -0.211 e. The Kier molecular flexibility index (Phi) is 4.17. The molecular formula is C12H18N2O2. The van der Waals surface area contributed by atoms with Crippen LogP contribution in [0.3, 0.4) is 0 Å². The highest BCUT2D eigenvalue weighted by molar-refractivity contribution is 5.33. The molecule has 88 valence electrons. The lowest BCUT2D eigenvalue weighted by molar-refractivity contribution is 0.0986. The first-order valence-electron chi connectivity index (χ1n) is 5.61. The molecule has 1 fully saturated rings. The van der Waals surface area contributed by atoms with Crippen LogP contribution in [-0.2, 0) is 9.59 Å². The molecule has 0 spiro atoms. The predicted molar refractivity (Wildman–Crippen MR) is 60.7 cm³/mol. The minimum absolute atomic E-state index is 0.0445. The zero-order valence-electron chi connectivity index (χ0n) is 9.95. The quantitative estimate of drug-likeness (QED) is 0.541. The van der Waals surface area contributed by atoms with E-state index in [4.69, 9.17) is 0 Å². The van der Waals surface area contributed by atoms with Crippen molar-refractivity contribution < 1.29 is 9.59 Å². The fraction of sp³-hybridized carbons (Fsp3) is 0.833. The largest absolute Gasteiger partial charge is 0.234 e. The Labute approximate surface area is 95.9 Å². The zero-order valence-corrected chi connectivity index (χ0v) is 9.95. The molecule has 0 aliphatic heterocycles. The van der Waals surface area contributed by atoms with Gasteiger partial charge in [-0.1, -0.05) is 20.3 Å². The highest BCUT2D eigenvalue weighted by atomic mass is 16.1. The lowest BCUT2D eigenvalue weighted by Crippen LogP contribution is -2.36. The van der Waals surface area contributed by atoms with E-state index < -0.39 is 0 Å². The topological polar surface area (TPSA) is 58.9 Å². The fourth-order valence-corrected chi connectivity index (χ4v) is 2.87. The maximum absolute atomic E-state index is 10.2. The average Bonchev–Trinajstić information content (AvgIpc) is 2.24. The fourth-order valence-electron chi connectivity index (χ4n) is 2.87. The van der Waals surface area contributed by atoms with Gasteiger partial charge in [0, 0.05) is 0 Å². The van der Waals surface area contributed by atoms with Crippen molar-refractivity contribution in [1.82, 2.24) is 0 Å². The van der Waals surface area contributed by atoms with Crippen molar-refractivity contribution >= 4 is 12.2 Å². The molecule has 1 aliphatic rings. The molecule has 0 saturated heterocycles. The minimum atomic E-state index is 0.0445. The van der Waals surface area contributed by atoms with Crippen LogP contribution in [0.2, 0.25) is 0 Å². The molecule has 0 N–H and O–H groups in total. The van der Waals surface area contributed by atoms with Crippen LogP contribution in [0.4, 0.5) is 0 Å². The van der Waals surface area contributed by atoms with Crippen LogP contribution in [-0.4, -0.2) is 25.2 Å². The van der Waals surface area contributed by atoms with Crippen LogP contribution >= 0.6 is 0 Å². The molecule has 1 aliphatic carbocycles. The van der Waals surface area contributed by atoms with Crippen molar-refractivity contribution in [3.63, 3.8) is 0 Å². The number of hydrogen-bond donors (Lipinski definition) is 0. The van der Waals surface area contributed by atoms with E-state index in [9.17, 15) is 9.59 Å². The Hall–Kier alpha value is -1.24. The third-order valence-corrected chi connectivity index (χ3v) is 3.46. The van der Waals surface area contributed by atoms with Crippen molar-refractivity contribution in [2.24, 2.45) is 20.8 Å². The van der Waals surface area contributed by atoms with Gasteiger partial charge in [0.05, 0.1) is 13.1 Å². The number of carbonyl (C=O) groups excluding carboxylic acids is 2. The van der Waals surface area contributed by atoms with Gasteiger partial charge in [-0.3, -0.25) is 0 Å². The van der Waals surface area contributed by atoms with E-state index >= 15 is 0 Å². The van der Waals surface area contributed by atoms with Crippen LogP contribution in [0.25, 0.3) is 0 Å². The van der Waals surface area contributed by atoms with Gasteiger partial charge in [0.2, 0.25) is 12.2 Å². The summed E-state index contributed by atoms with van der Waals surface area (Å²) in [6, 6.07) is 0. The molecule has 2 atom stereocenters. The van der Waals surface area contributed by atoms with Gasteiger partial charge in [-0.15, -0.1) is 0 Å². The molecule has 0 heterocycles. The molecule has 4 heteroatoms. The lowest BCUT2D eigenvalue weighted by atomic mass is 9.63. The van der Waals surface area contributed by atoms with Gasteiger partial charge in [0.1, 0.15) is 0 Å². The van der Waals surface area contributed by atoms with Gasteiger partial charge in [0.15, 0.2) is 0 Å². The number of rotatable bonds is 4. The Balaban J connectivity index is 2.70. The molecule has 1 rings (SSSR count). The summed E-state index contributed by atoms with van der Waals surface area (Å²) in [6.45, 7) is 5.32. The molecule has 2 unspecified atom stereocenters. The summed E-state index contributed by atoms with van der Waals surface area (Å²) in [5.41, 5.74) is 0.0889. The zero-order chi connectivity index (χ0) is 12.1. The van der Waals surface area contributed by atoms with Crippen LogP contribution < -0.4 is 0 Å². The van der Waals surface area contributed by atoms with Crippen molar-refractivity contribution in [1.29, 1.82) is 0 Å². The van der Waals surface area contributed by atoms with E-state index in [1.165, 1.54) is 0 Å². The number of nitrogens with zero attached hydrogens (tertiary/aromatic N) is 2. The SMILES string of the molecule is CC1(CN=C=O)CCCC(C)(CN=C=O)C1. The van der Waals surface area contributed by atoms with Gasteiger partial charge in [0.25, 0.3) is 0 Å². The van der Waals surface area contributed by atoms with E-state index in [2.05, 4.69) is 23.8 Å². The third kappa shape index (κ3) is 3.41. The van der Waals surface area contributed by atoms with E-state index in [0.29, 0.717) is 13.1 Å². The van der Waals surface area contributed by atoms with Crippen LogP contribution in [0.1, 0.15) is 39.5 Å². The highest BCUT2D eigenvalue weighted by Crippen LogP contribution is 2.46. The Morgan fingerprint density at radius 1 is 1.00 bits per heavy atom. The molecule has 0 aromatic rings. The van der Waals surface area contributed by atoms with E-state index in [1.807, 2.05) is 0 Å². The monoisotopic (exact) mass is 222 g/mol. The number of isocyanates is 2. The summed E-state index contributed by atoms with van der Waals surface area (Å²) in [5, 5.41) is 0. The summed E-state index contributed by atoms with van der Waals surface area (Å²) in [4.78, 5) is 27.7. The van der Waals surface area contributed by atoms with Gasteiger partial charge >= 0.3 is 0 Å². The van der Waals surface area contributed by atoms with E-state index in [-0.39, 0.29) is 10.8 Å². The van der Waals surface area contributed by atoms with Crippen LogP contribution in [0, 0.1) is 10.8 Å². The molecule has 16 heavy (non-hydrogen) atoms. The molecule has 0 bridgehead atoms. The van der Waals surface area contributed by atoms with Crippen molar-refractivity contribution in [3.8, 4) is 0 Å². The van der Waals surface area contributed by atoms with Gasteiger partial charge in [-0.2, -0.15) is 0 Å². The van der Waals surface area contributed by atoms with Gasteiger partial charge in [-0.05, 0) is 30.1 Å². The summed E-state index contributed by atoms with van der Waals surface area (Å²) >= 11 is 0. The summed E-state index contributed by atoms with van der Waals surface area (Å²) < 4.78 is 0. The first-order chi connectivity index (χ1) is 7.54. The van der Waals surface area contributed by atoms with Crippen molar-refractivity contribution in [3.05, 3.63) is 0 Å². The third-order valence-electron chi connectivity index (χ3n) is 3.46. The van der Waals surface area contributed by atoms with Crippen molar-refractivity contribution in [2.45, 2.75) is 39.5 Å². The second kappa shape index (κ2) is 5.20. The summed E-state index contributed by atoms with van der Waals surface area (Å²) in [5.74, 6) is 0. The Bertz CT molecular complexity index is 311. The second-order valence-electron chi connectivity index (χ2n) is 5.47. The molecule has 0 amide bonds. The standard InChI is InChI=1S/C12H18N2O2/c1-11(7-13-9-15)4-3-5-12(2,6-11)8-14-10-16/h3-8H2,1-2H3. The smallest absolute Gasteiger partial charge is 0.211 e. The Morgan fingerprint density at radius 2 is 1.44 bits per heavy atom. The van der Waals surface area contributed by atoms with Gasteiger partial charge < -0.3 is 0 Å². The molecule has 0 radical (unpaired) electrons. The van der Waals surface area contributed by atoms with Gasteiger partial charge in [-0.25, -0.2) is 19.6 Å². The lowest BCUT2D eigenvalue weighted by Gasteiger charge is -2.42. The molecule has 4 nitrogen and oxygen atoms in total. The predicted octanol–water partition coefficient (Wildman–Crippen LogP) is 2.24. The summed E-state index contributed by atoms with van der Waals surface area (Å²) in [7, 11) is 0. The van der Waals surface area contributed by atoms with Crippen LogP contribution in [0.15, 0.2) is 9.98 Å². The Morgan fingerprint density at radius 3 is 1.81 bits per heavy atom. The maximum Gasteiger partial charge on any atom is 0.234 e. The van der Waals surface area contributed by atoms with E-state index in [0.717, 1.165) is 25.7 Å². The molecule has 0 aromatic carbocycles. The normalized spacial score (nSPS) is 33.6. The molecule has 1 saturated carbocycles. The molecule has 0 aromatic heterocycles. The van der Waals surface area contributed by atoms with Crippen LogP contribution in [0.5, 0.6) is 0 Å².